The van der Waals surface area contributed by atoms with Gasteiger partial charge in [-0.1, -0.05) is 31.0 Å². The number of alkyl halides is 3. The van der Waals surface area contributed by atoms with Gasteiger partial charge in [-0.25, -0.2) is 8.42 Å². The molecule has 2 aromatic rings. The van der Waals surface area contributed by atoms with Crippen LogP contribution in [0.3, 0.4) is 0 Å². The average molecular weight is 556 g/mol. The molecule has 1 atom stereocenters. The molecule has 0 unspecified atom stereocenters. The fourth-order valence-electron chi connectivity index (χ4n) is 4.39. The normalized spacial score (nSPS) is 15.1. The molecule has 0 bridgehead atoms. The molecular weight excluding hydrogens is 523 g/mol. The number of hydrogen-bond donors (Lipinski definition) is 1. The third-order valence-electron chi connectivity index (χ3n) is 6.50. The maximum absolute atomic E-state index is 13.6. The van der Waals surface area contributed by atoms with Crippen LogP contribution in [0.5, 0.6) is 5.75 Å². The van der Waals surface area contributed by atoms with Gasteiger partial charge >= 0.3 is 6.18 Å². The molecule has 1 aliphatic rings. The number of carbonyl (C=O) groups is 2. The molecule has 38 heavy (non-hydrogen) atoms. The van der Waals surface area contributed by atoms with Crippen molar-refractivity contribution in [3.63, 3.8) is 0 Å². The predicted octanol–water partition coefficient (Wildman–Crippen LogP) is 3.96. The summed E-state index contributed by atoms with van der Waals surface area (Å²) in [5, 5.41) is 2.95. The molecule has 8 nitrogen and oxygen atoms in total. The van der Waals surface area contributed by atoms with Gasteiger partial charge in [0.25, 0.3) is 0 Å². The maximum Gasteiger partial charge on any atom is 0.416 e. The highest BCUT2D eigenvalue weighted by molar-refractivity contribution is 7.92. The fraction of sp³-hybridized carbons (Fsp3) is 0.462. The summed E-state index contributed by atoms with van der Waals surface area (Å²) in [6.45, 7) is 0.706. The number of nitrogens with one attached hydrogen (secondary N) is 1. The molecule has 0 radical (unpaired) electrons. The van der Waals surface area contributed by atoms with E-state index in [1.807, 2.05) is 0 Å². The van der Waals surface area contributed by atoms with Gasteiger partial charge in [0.05, 0.1) is 24.6 Å². The van der Waals surface area contributed by atoms with E-state index in [9.17, 15) is 31.2 Å². The van der Waals surface area contributed by atoms with Crippen molar-refractivity contribution in [1.29, 1.82) is 0 Å². The van der Waals surface area contributed by atoms with Crippen molar-refractivity contribution in [2.24, 2.45) is 0 Å². The lowest BCUT2D eigenvalue weighted by molar-refractivity contribution is -0.139. The quantitative estimate of drug-likeness (QED) is 0.479. The summed E-state index contributed by atoms with van der Waals surface area (Å²) in [6.07, 6.45) is -0.241. The van der Waals surface area contributed by atoms with Gasteiger partial charge in [0.2, 0.25) is 21.8 Å². The van der Waals surface area contributed by atoms with Gasteiger partial charge in [-0.2, -0.15) is 13.2 Å². The third kappa shape index (κ3) is 7.62. The molecule has 2 amide bonds. The van der Waals surface area contributed by atoms with E-state index in [4.69, 9.17) is 4.74 Å². The Bertz CT molecular complexity index is 1250. The van der Waals surface area contributed by atoms with Gasteiger partial charge in [0.1, 0.15) is 18.3 Å². The molecule has 0 aliphatic heterocycles. The molecule has 12 heteroatoms. The predicted molar refractivity (Wildman–Crippen MR) is 137 cm³/mol. The van der Waals surface area contributed by atoms with Crippen molar-refractivity contribution < 1.29 is 35.9 Å². The first-order chi connectivity index (χ1) is 17.8. The number of halogens is 3. The minimum absolute atomic E-state index is 0.00338. The fourth-order valence-corrected chi connectivity index (χ4v) is 5.23. The minimum Gasteiger partial charge on any atom is -0.497 e. The highest BCUT2D eigenvalue weighted by Gasteiger charge is 2.34. The molecule has 1 saturated carbocycles. The molecule has 1 aliphatic carbocycles. The van der Waals surface area contributed by atoms with Gasteiger partial charge in [0.15, 0.2) is 0 Å². The number of sulfonamides is 1. The first kappa shape index (κ1) is 29.3. The number of nitrogens with zero attached hydrogens (tertiary/aromatic N) is 2. The number of amides is 2. The Morgan fingerprint density at radius 3 is 2.37 bits per heavy atom. The van der Waals surface area contributed by atoms with Crippen LogP contribution in [-0.4, -0.2) is 57.1 Å². The Morgan fingerprint density at radius 1 is 1.11 bits per heavy atom. The molecule has 1 fully saturated rings. The van der Waals surface area contributed by atoms with Crippen LogP contribution in [0.15, 0.2) is 48.5 Å². The smallest absolute Gasteiger partial charge is 0.416 e. The second-order valence-corrected chi connectivity index (χ2v) is 11.3. The van der Waals surface area contributed by atoms with E-state index in [1.165, 1.54) is 25.0 Å². The zero-order chi connectivity index (χ0) is 28.1. The third-order valence-corrected chi connectivity index (χ3v) is 7.64. The van der Waals surface area contributed by atoms with Crippen molar-refractivity contribution in [3.05, 3.63) is 59.7 Å². The van der Waals surface area contributed by atoms with E-state index in [2.05, 4.69) is 5.32 Å². The van der Waals surface area contributed by atoms with E-state index >= 15 is 0 Å². The van der Waals surface area contributed by atoms with Gasteiger partial charge in [-0.05, 0) is 55.7 Å². The van der Waals surface area contributed by atoms with Crippen LogP contribution in [0.2, 0.25) is 0 Å². The zero-order valence-corrected chi connectivity index (χ0v) is 22.3. The lowest BCUT2D eigenvalue weighted by atomic mass is 10.1. The largest absolute Gasteiger partial charge is 0.497 e. The number of methoxy groups -OCH3 is 1. The van der Waals surface area contributed by atoms with Gasteiger partial charge in [-0.3, -0.25) is 13.9 Å². The van der Waals surface area contributed by atoms with Crippen LogP contribution in [-0.2, 0) is 32.3 Å². The van der Waals surface area contributed by atoms with Crippen LogP contribution < -0.4 is 14.4 Å². The Morgan fingerprint density at radius 2 is 1.76 bits per heavy atom. The maximum atomic E-state index is 13.6. The lowest BCUT2D eigenvalue weighted by Gasteiger charge is -2.32. The summed E-state index contributed by atoms with van der Waals surface area (Å²) in [4.78, 5) is 27.9. The topological polar surface area (TPSA) is 96.0 Å². The van der Waals surface area contributed by atoms with E-state index in [-0.39, 0.29) is 18.3 Å². The summed E-state index contributed by atoms with van der Waals surface area (Å²) in [6, 6.07) is 9.62. The van der Waals surface area contributed by atoms with Gasteiger partial charge in [-0.15, -0.1) is 0 Å². The number of anilines is 1. The number of benzene rings is 2. The van der Waals surface area contributed by atoms with E-state index in [1.54, 1.807) is 24.3 Å². The molecular formula is C26H32F3N3O5S. The van der Waals surface area contributed by atoms with Gasteiger partial charge < -0.3 is 15.0 Å². The SMILES string of the molecule is COc1cccc(CN(C(=O)CN(c2cccc(C(F)(F)F)c2)S(C)(=O)=O)[C@@H](C)C(=O)NC2CCCC2)c1. The Balaban J connectivity index is 1.93. The van der Waals surface area contributed by atoms with Crippen LogP contribution in [0.4, 0.5) is 18.9 Å². The second-order valence-electron chi connectivity index (χ2n) is 9.36. The molecule has 208 valence electrons. The molecule has 0 aromatic heterocycles. The molecule has 0 spiro atoms. The monoisotopic (exact) mass is 555 g/mol. The van der Waals surface area contributed by atoms with Crippen molar-refractivity contribution in [3.8, 4) is 5.75 Å². The van der Waals surface area contributed by atoms with Crippen LogP contribution in [0.25, 0.3) is 0 Å². The molecule has 0 heterocycles. The van der Waals surface area contributed by atoms with Crippen LogP contribution in [0, 0.1) is 0 Å². The Hall–Kier alpha value is -3.28. The van der Waals surface area contributed by atoms with Crippen molar-refractivity contribution in [1.82, 2.24) is 10.2 Å². The first-order valence-corrected chi connectivity index (χ1v) is 14.0. The highest BCUT2D eigenvalue weighted by atomic mass is 32.2. The lowest BCUT2D eigenvalue weighted by Crippen LogP contribution is -2.52. The van der Waals surface area contributed by atoms with E-state index in [0.29, 0.717) is 21.7 Å². The summed E-state index contributed by atoms with van der Waals surface area (Å²) >= 11 is 0. The zero-order valence-electron chi connectivity index (χ0n) is 21.5. The number of carbonyl (C=O) groups excluding carboxylic acids is 2. The number of rotatable bonds is 10. The van der Waals surface area contributed by atoms with Crippen LogP contribution in [0.1, 0.15) is 43.7 Å². The highest BCUT2D eigenvalue weighted by Crippen LogP contribution is 2.32. The molecule has 3 rings (SSSR count). The average Bonchev–Trinajstić information content (AvgIpc) is 3.37. The first-order valence-electron chi connectivity index (χ1n) is 12.2. The summed E-state index contributed by atoms with van der Waals surface area (Å²) < 4.78 is 70.9. The van der Waals surface area contributed by atoms with Crippen molar-refractivity contribution in [2.45, 2.75) is 57.4 Å². The molecule has 0 saturated heterocycles. The number of hydrogen-bond acceptors (Lipinski definition) is 5. The summed E-state index contributed by atoms with van der Waals surface area (Å²) in [5.74, 6) is -0.609. The van der Waals surface area contributed by atoms with Crippen LogP contribution >= 0.6 is 0 Å². The Labute approximate surface area is 220 Å². The summed E-state index contributed by atoms with van der Waals surface area (Å²) in [5.41, 5.74) is -0.725. The number of ether oxygens (including phenoxy) is 1. The van der Waals surface area contributed by atoms with Crippen molar-refractivity contribution >= 4 is 27.5 Å². The Kier molecular flexibility index (Phi) is 9.29. The molecule has 2 aromatic carbocycles. The molecule has 1 N–H and O–H groups in total. The standard InChI is InChI=1S/C26H32F3N3O5S/c1-18(25(34)30-21-10-4-5-11-21)31(16-19-8-6-13-23(14-19)37-2)24(33)17-32(38(3,35)36)22-12-7-9-20(15-22)26(27,28)29/h6-9,12-15,18,21H,4-5,10-11,16-17H2,1-3H3,(H,30,34)/t18-/m0/s1. The minimum atomic E-state index is -4.70. The van der Waals surface area contributed by atoms with Gasteiger partial charge in [0, 0.05) is 12.6 Å². The summed E-state index contributed by atoms with van der Waals surface area (Å²) in [7, 11) is -2.67. The van der Waals surface area contributed by atoms with E-state index < -0.39 is 46.2 Å². The van der Waals surface area contributed by atoms with E-state index in [0.717, 1.165) is 44.1 Å². The second kappa shape index (κ2) is 12.1. The van der Waals surface area contributed by atoms with Crippen molar-refractivity contribution in [2.75, 3.05) is 24.2 Å².